The quantitative estimate of drug-likeness (QED) is 0.390. The molecule has 0 aliphatic carbocycles. The molecule has 1 aromatic heterocycles. The van der Waals surface area contributed by atoms with Crippen LogP contribution in [0.15, 0.2) is 35.7 Å². The van der Waals surface area contributed by atoms with Gasteiger partial charge in [0.2, 0.25) is 5.88 Å². The summed E-state index contributed by atoms with van der Waals surface area (Å²) < 4.78 is 12.8. The van der Waals surface area contributed by atoms with Crippen LogP contribution < -0.4 is 4.90 Å². The molecule has 0 bridgehead atoms. The fraction of sp³-hybridized carbons (Fsp3) is 0.333. The van der Waals surface area contributed by atoms with E-state index in [1.165, 1.54) is 21.5 Å². The fourth-order valence-corrected chi connectivity index (χ4v) is 5.01. The first-order valence-electron chi connectivity index (χ1n) is 8.30. The molecule has 3 rings (SSSR count). The molecular weight excluding hydrogens is 403 g/mol. The highest BCUT2D eigenvalue weighted by Crippen LogP contribution is 2.46. The van der Waals surface area contributed by atoms with E-state index >= 15 is 0 Å². The van der Waals surface area contributed by atoms with E-state index in [9.17, 15) is 9.67 Å². The number of aromatic hydroxyl groups is 1. The molecule has 1 aromatic carbocycles. The van der Waals surface area contributed by atoms with Crippen molar-refractivity contribution in [2.24, 2.45) is 0 Å². The highest BCUT2D eigenvalue weighted by atomic mass is 32.1. The molecule has 0 saturated carbocycles. The smallest absolute Gasteiger partial charge is 0.327 e. The molecule has 0 fully saturated rings. The maximum absolute atomic E-state index is 11.1. The van der Waals surface area contributed by atoms with Crippen molar-refractivity contribution >= 4 is 42.9 Å². The Morgan fingerprint density at radius 2 is 2.00 bits per heavy atom. The van der Waals surface area contributed by atoms with Gasteiger partial charge in [-0.3, -0.25) is 9.13 Å². The summed E-state index contributed by atoms with van der Waals surface area (Å²) in [4.78, 5) is 20.7. The summed E-state index contributed by atoms with van der Waals surface area (Å²) in [7, 11) is -2.18. The predicted molar refractivity (Wildman–Crippen MR) is 111 cm³/mol. The number of allylic oxidation sites excluding steroid dienone is 1. The first-order chi connectivity index (χ1) is 12.5. The molecule has 2 aromatic rings. The first-order valence-corrected chi connectivity index (χ1v) is 11.3. The Balaban J connectivity index is 1.99. The molecule has 0 atom stereocenters. The van der Waals surface area contributed by atoms with Crippen molar-refractivity contribution in [2.45, 2.75) is 25.8 Å². The van der Waals surface area contributed by atoms with Crippen LogP contribution in [0, 0.1) is 3.95 Å². The zero-order valence-electron chi connectivity index (χ0n) is 15.2. The molecule has 1 aliphatic rings. The predicted octanol–water partition coefficient (Wildman–Crippen LogP) is 4.09. The van der Waals surface area contributed by atoms with Crippen LogP contribution in [0.3, 0.4) is 0 Å². The van der Waals surface area contributed by atoms with E-state index in [0.717, 1.165) is 11.4 Å². The molecule has 2 heterocycles. The molecule has 0 unspecified atom stereocenters. The molecule has 9 heteroatoms. The number of para-hydroxylation sites is 1. The SMILES string of the molecule is CN1C(=C=Cc2sc(=S)n(CCP(=O)(O)O)c2O)C(C)(C)c2ccccc21. The van der Waals surface area contributed by atoms with Crippen molar-refractivity contribution in [2.75, 3.05) is 18.1 Å². The van der Waals surface area contributed by atoms with Gasteiger partial charge in [-0.1, -0.05) is 23.9 Å². The number of benzene rings is 1. The second-order valence-corrected chi connectivity index (χ2v) is 10.4. The Hall–Kier alpha value is -1.66. The summed E-state index contributed by atoms with van der Waals surface area (Å²) >= 11 is 6.41. The van der Waals surface area contributed by atoms with Crippen LogP contribution in [-0.2, 0) is 16.5 Å². The van der Waals surface area contributed by atoms with Crippen molar-refractivity contribution in [3.05, 3.63) is 50.1 Å². The minimum atomic E-state index is -4.16. The zero-order valence-corrected chi connectivity index (χ0v) is 17.7. The number of likely N-dealkylation sites (N-methyl/N-ethyl adjacent to an activating group) is 1. The van der Waals surface area contributed by atoms with Crippen molar-refractivity contribution in [3.63, 3.8) is 0 Å². The third kappa shape index (κ3) is 3.83. The number of fused-ring (bicyclic) bond motifs is 1. The Kier molecular flexibility index (Phi) is 5.25. The van der Waals surface area contributed by atoms with E-state index in [1.807, 2.05) is 19.2 Å². The summed E-state index contributed by atoms with van der Waals surface area (Å²) in [5, 5.41) is 10.4. The largest absolute Gasteiger partial charge is 0.493 e. The topological polar surface area (TPSA) is 85.9 Å². The van der Waals surface area contributed by atoms with Crippen LogP contribution >= 0.6 is 31.2 Å². The minimum absolute atomic E-state index is 0.0350. The Morgan fingerprint density at radius 3 is 2.63 bits per heavy atom. The number of nitrogens with zero attached hydrogens (tertiary/aromatic N) is 2. The number of rotatable bonds is 4. The minimum Gasteiger partial charge on any atom is -0.493 e. The second-order valence-electron chi connectivity index (χ2n) is 6.93. The Morgan fingerprint density at radius 1 is 1.33 bits per heavy atom. The molecule has 144 valence electrons. The van der Waals surface area contributed by atoms with Gasteiger partial charge in [-0.25, -0.2) is 0 Å². The Bertz CT molecular complexity index is 1060. The van der Waals surface area contributed by atoms with Crippen molar-refractivity contribution in [1.82, 2.24) is 4.57 Å². The van der Waals surface area contributed by atoms with Crippen LogP contribution in [0.1, 0.15) is 24.3 Å². The summed E-state index contributed by atoms with van der Waals surface area (Å²) in [5.74, 6) is -0.0949. The third-order valence-electron chi connectivity index (χ3n) is 4.71. The number of hydrogen-bond acceptors (Lipinski definition) is 5. The Labute approximate surface area is 166 Å². The van der Waals surface area contributed by atoms with Crippen LogP contribution in [0.25, 0.3) is 6.08 Å². The normalized spacial score (nSPS) is 15.6. The lowest BCUT2D eigenvalue weighted by Gasteiger charge is -2.21. The number of anilines is 1. The van der Waals surface area contributed by atoms with Gasteiger partial charge >= 0.3 is 7.60 Å². The monoisotopic (exact) mass is 424 g/mol. The van der Waals surface area contributed by atoms with Crippen molar-refractivity contribution in [1.29, 1.82) is 0 Å². The van der Waals surface area contributed by atoms with E-state index in [0.29, 0.717) is 8.83 Å². The van der Waals surface area contributed by atoms with Crippen LogP contribution in [0.5, 0.6) is 5.88 Å². The maximum Gasteiger partial charge on any atom is 0.327 e. The highest BCUT2D eigenvalue weighted by molar-refractivity contribution is 7.73. The van der Waals surface area contributed by atoms with Gasteiger partial charge < -0.3 is 19.8 Å². The highest BCUT2D eigenvalue weighted by Gasteiger charge is 2.38. The molecule has 3 N–H and O–H groups in total. The summed E-state index contributed by atoms with van der Waals surface area (Å²) in [6, 6.07) is 8.17. The zero-order chi connectivity index (χ0) is 20.0. The lowest BCUT2D eigenvalue weighted by Crippen LogP contribution is -2.22. The fourth-order valence-electron chi connectivity index (χ4n) is 3.31. The van der Waals surface area contributed by atoms with Crippen LogP contribution in [0.4, 0.5) is 5.69 Å². The molecular formula is C18H21N2O4PS2. The third-order valence-corrected chi connectivity index (χ3v) is 6.88. The molecule has 0 saturated heterocycles. The molecule has 0 amide bonds. The van der Waals surface area contributed by atoms with E-state index in [-0.39, 0.29) is 24.0 Å². The molecule has 1 aliphatic heterocycles. The van der Waals surface area contributed by atoms with Crippen molar-refractivity contribution < 1.29 is 19.5 Å². The van der Waals surface area contributed by atoms with E-state index < -0.39 is 7.60 Å². The number of thiazole rings is 1. The van der Waals surface area contributed by atoms with Gasteiger partial charge in [-0.2, -0.15) is 0 Å². The number of aromatic nitrogens is 1. The van der Waals surface area contributed by atoms with Gasteiger partial charge in [0, 0.05) is 30.8 Å². The van der Waals surface area contributed by atoms with Gasteiger partial charge in [0.15, 0.2) is 3.95 Å². The first kappa shape index (κ1) is 20.1. The summed E-state index contributed by atoms with van der Waals surface area (Å²) in [5.41, 5.74) is 6.35. The van der Waals surface area contributed by atoms with Crippen molar-refractivity contribution in [3.8, 4) is 5.88 Å². The maximum atomic E-state index is 11.1. The van der Waals surface area contributed by atoms with E-state index in [4.69, 9.17) is 22.0 Å². The van der Waals surface area contributed by atoms with Crippen LogP contribution in [0.2, 0.25) is 0 Å². The van der Waals surface area contributed by atoms with Gasteiger partial charge in [0.25, 0.3) is 0 Å². The van der Waals surface area contributed by atoms with Crippen LogP contribution in [-0.4, -0.2) is 32.7 Å². The standard InChI is InChI=1S/C18H21N2O4PS2/c1-18(2)12-6-4-5-7-13(12)19(3)15(18)9-8-14-16(21)20(17(26)27-14)10-11-25(22,23)24/h4-8,21H,10-11H2,1-3H3,(H2,22,23,24). The number of hydrogen-bond donors (Lipinski definition) is 3. The molecule has 0 spiro atoms. The average molecular weight is 424 g/mol. The van der Waals surface area contributed by atoms with E-state index in [1.54, 1.807) is 6.08 Å². The van der Waals surface area contributed by atoms with E-state index in [2.05, 4.69) is 36.6 Å². The van der Waals surface area contributed by atoms with Gasteiger partial charge in [0.05, 0.1) is 16.7 Å². The molecule has 0 radical (unpaired) electrons. The average Bonchev–Trinajstić information content (AvgIpc) is 2.95. The molecule has 27 heavy (non-hydrogen) atoms. The summed E-state index contributed by atoms with van der Waals surface area (Å²) in [6.07, 6.45) is 1.31. The van der Waals surface area contributed by atoms with Gasteiger partial charge in [-0.15, -0.1) is 11.3 Å². The lowest BCUT2D eigenvalue weighted by atomic mass is 9.84. The summed E-state index contributed by atoms with van der Waals surface area (Å²) in [6.45, 7) is 4.21. The van der Waals surface area contributed by atoms with Gasteiger partial charge in [-0.05, 0) is 37.7 Å². The molecule has 6 nitrogen and oxygen atoms in total. The van der Waals surface area contributed by atoms with Gasteiger partial charge in [0.1, 0.15) is 0 Å². The lowest BCUT2D eigenvalue weighted by molar-refractivity contribution is 0.366. The second kappa shape index (κ2) is 7.06.